The minimum Gasteiger partial charge on any atom is -0.462 e. The summed E-state index contributed by atoms with van der Waals surface area (Å²) < 4.78 is 11.7. The van der Waals surface area contributed by atoms with Gasteiger partial charge in [0.1, 0.15) is 6.10 Å². The van der Waals surface area contributed by atoms with Crippen molar-refractivity contribution >= 4 is 35.3 Å². The molecule has 3 fully saturated rings. The number of ether oxygens (including phenoxy) is 2. The number of fused-ring (bicyclic) bond motifs is 5. The average Bonchev–Trinajstić information content (AvgIpc) is 3.52. The summed E-state index contributed by atoms with van der Waals surface area (Å²) in [5.41, 5.74) is 2.24. The van der Waals surface area contributed by atoms with Gasteiger partial charge in [0.05, 0.1) is 6.61 Å². The summed E-state index contributed by atoms with van der Waals surface area (Å²) in [5, 5.41) is 0. The molecule has 4 rings (SSSR count). The Labute approximate surface area is 341 Å². The second kappa shape index (κ2) is 23.9. The molecular weight excluding hydrogens is 713 g/mol. The fraction of sp³-hybridized carbons (Fsp3) is 0.872. The van der Waals surface area contributed by atoms with Gasteiger partial charge in [0.15, 0.2) is 0 Å². The van der Waals surface area contributed by atoms with E-state index in [1.807, 2.05) is 0 Å². The van der Waals surface area contributed by atoms with Crippen LogP contribution in [0.15, 0.2) is 23.8 Å². The van der Waals surface area contributed by atoms with E-state index in [0.29, 0.717) is 49.2 Å². The van der Waals surface area contributed by atoms with Crippen molar-refractivity contribution < 1.29 is 19.1 Å². The van der Waals surface area contributed by atoms with E-state index >= 15 is 0 Å². The van der Waals surface area contributed by atoms with Crippen LogP contribution in [0.2, 0.25) is 0 Å². The number of nitrogens with zero attached hydrogens (tertiary/aromatic N) is 1. The first-order chi connectivity index (χ1) is 26.2. The van der Waals surface area contributed by atoms with Crippen molar-refractivity contribution in [2.45, 2.75) is 188 Å². The first-order valence-corrected chi connectivity index (χ1v) is 23.8. The highest BCUT2D eigenvalue weighted by atomic mass is 35.5. The van der Waals surface area contributed by atoms with Crippen LogP contribution < -0.4 is 0 Å². The molecule has 0 aromatic rings. The zero-order chi connectivity index (χ0) is 38.8. The fourth-order valence-corrected chi connectivity index (χ4v) is 12.1. The summed E-state index contributed by atoms with van der Waals surface area (Å²) in [5.74, 6) is 4.46. The highest BCUT2D eigenvalue weighted by Gasteiger charge is 2.59. The Morgan fingerprint density at radius 3 is 2.20 bits per heavy atom. The molecule has 2 unspecified atom stereocenters. The third-order valence-electron chi connectivity index (χ3n) is 14.8. The summed E-state index contributed by atoms with van der Waals surface area (Å²) in [4.78, 5) is 26.9. The second-order valence-corrected chi connectivity index (χ2v) is 19.0. The summed E-state index contributed by atoms with van der Waals surface area (Å²) >= 11 is 11.7. The van der Waals surface area contributed by atoms with Crippen molar-refractivity contribution in [1.82, 2.24) is 4.90 Å². The molecule has 3 saturated carbocycles. The number of carbonyl (C=O) groups excluding carboxylic acids is 2. The summed E-state index contributed by atoms with van der Waals surface area (Å²) in [6, 6.07) is 0. The van der Waals surface area contributed by atoms with E-state index < -0.39 is 0 Å². The molecule has 0 aliphatic heterocycles. The molecule has 0 aromatic heterocycles. The highest BCUT2D eigenvalue weighted by molar-refractivity contribution is 6.18. The van der Waals surface area contributed by atoms with Crippen molar-refractivity contribution in [3.8, 4) is 0 Å². The van der Waals surface area contributed by atoms with E-state index in [2.05, 4.69) is 45.9 Å². The van der Waals surface area contributed by atoms with E-state index in [1.54, 1.807) is 10.5 Å². The van der Waals surface area contributed by atoms with Gasteiger partial charge in [-0.2, -0.15) is 0 Å². The molecule has 4 aliphatic rings. The zero-order valence-corrected chi connectivity index (χ0v) is 36.6. The van der Waals surface area contributed by atoms with E-state index in [-0.39, 0.29) is 23.6 Å². The zero-order valence-electron chi connectivity index (χ0n) is 35.0. The quantitative estimate of drug-likeness (QED) is 0.0400. The number of halogens is 2. The number of alkyl halides is 2. The molecule has 4 aliphatic carbocycles. The van der Waals surface area contributed by atoms with Gasteiger partial charge in [-0.05, 0) is 130 Å². The Hall–Kier alpha value is -1.20. The van der Waals surface area contributed by atoms with Crippen LogP contribution in [-0.4, -0.2) is 54.5 Å². The molecule has 8 atom stereocenters. The number of esters is 1. The molecule has 0 saturated heterocycles. The lowest BCUT2D eigenvalue weighted by Gasteiger charge is -2.58. The fourth-order valence-electron chi connectivity index (χ4n) is 11.6. The predicted octanol–water partition coefficient (Wildman–Crippen LogP) is 13.8. The number of rotatable bonds is 25. The standard InChI is InChI=1S/C47H79Cl2NO4/c1-5-6-7-8-9-10-11-12-13-14-15-16-17-18-19-22-44(51)54-39-27-29-46(3)38(36-39)23-24-40-42-26-25-41(47(42,4)30-28-43(40)46)37(2)21-20-35-53-45(52)50(33-31-48)34-32-49/h12-13,23,37,39-43H,5-11,14-22,24-36H2,1-4H3/b13-12-/t37?,39-,40-,41?,42-,43-,46-,47+/m0/s1. The van der Waals surface area contributed by atoms with Crippen LogP contribution in [0.25, 0.3) is 0 Å². The molecule has 310 valence electrons. The molecule has 0 bridgehead atoms. The van der Waals surface area contributed by atoms with Crippen LogP contribution in [0.1, 0.15) is 182 Å². The monoisotopic (exact) mass is 792 g/mol. The average molecular weight is 793 g/mol. The van der Waals surface area contributed by atoms with Gasteiger partial charge >= 0.3 is 12.1 Å². The van der Waals surface area contributed by atoms with Crippen LogP contribution in [-0.2, 0) is 14.3 Å². The van der Waals surface area contributed by atoms with Gasteiger partial charge in [-0.25, -0.2) is 4.79 Å². The lowest BCUT2D eigenvalue weighted by Crippen LogP contribution is -2.51. The summed E-state index contributed by atoms with van der Waals surface area (Å²) in [6.07, 6.45) is 35.8. The minimum atomic E-state index is -0.297. The van der Waals surface area contributed by atoms with Crippen LogP contribution in [0.5, 0.6) is 0 Å². The van der Waals surface area contributed by atoms with E-state index in [9.17, 15) is 9.59 Å². The Balaban J connectivity index is 1.13. The normalized spacial score (nSPS) is 29.6. The molecule has 1 amide bonds. The maximum atomic E-state index is 12.9. The van der Waals surface area contributed by atoms with Crippen molar-refractivity contribution in [2.24, 2.45) is 40.4 Å². The number of hydrogen-bond donors (Lipinski definition) is 0. The van der Waals surface area contributed by atoms with E-state index in [1.165, 1.54) is 103 Å². The smallest absolute Gasteiger partial charge is 0.409 e. The third-order valence-corrected chi connectivity index (χ3v) is 15.1. The first-order valence-electron chi connectivity index (χ1n) is 22.8. The van der Waals surface area contributed by atoms with Gasteiger partial charge in [-0.15, -0.1) is 23.2 Å². The third kappa shape index (κ3) is 12.9. The number of allylic oxidation sites excluding steroid dienone is 3. The van der Waals surface area contributed by atoms with E-state index in [0.717, 1.165) is 68.6 Å². The van der Waals surface area contributed by atoms with Crippen LogP contribution in [0.3, 0.4) is 0 Å². The highest BCUT2D eigenvalue weighted by Crippen LogP contribution is 2.67. The Morgan fingerprint density at radius 1 is 0.852 bits per heavy atom. The summed E-state index contributed by atoms with van der Waals surface area (Å²) in [7, 11) is 0. The van der Waals surface area contributed by atoms with Crippen LogP contribution in [0, 0.1) is 40.4 Å². The Morgan fingerprint density at radius 2 is 1.52 bits per heavy atom. The van der Waals surface area contributed by atoms with Crippen molar-refractivity contribution in [3.05, 3.63) is 23.8 Å². The minimum absolute atomic E-state index is 0.0212. The molecule has 7 heteroatoms. The molecule has 54 heavy (non-hydrogen) atoms. The Kier molecular flexibility index (Phi) is 20.1. The molecular formula is C47H79Cl2NO4. The molecule has 5 nitrogen and oxygen atoms in total. The molecule has 0 spiro atoms. The largest absolute Gasteiger partial charge is 0.462 e. The maximum absolute atomic E-state index is 12.9. The van der Waals surface area contributed by atoms with Gasteiger partial charge in [-0.1, -0.05) is 103 Å². The van der Waals surface area contributed by atoms with Crippen LogP contribution >= 0.6 is 23.2 Å². The lowest BCUT2D eigenvalue weighted by atomic mass is 9.47. The van der Waals surface area contributed by atoms with Gasteiger partial charge in [0.25, 0.3) is 0 Å². The van der Waals surface area contributed by atoms with Gasteiger partial charge < -0.3 is 14.4 Å². The Bertz CT molecular complexity index is 1170. The molecule has 0 heterocycles. The molecule has 0 N–H and O–H groups in total. The predicted molar refractivity (Wildman–Crippen MR) is 227 cm³/mol. The van der Waals surface area contributed by atoms with Gasteiger partial charge in [-0.3, -0.25) is 4.79 Å². The van der Waals surface area contributed by atoms with Crippen molar-refractivity contribution in [3.63, 3.8) is 0 Å². The van der Waals surface area contributed by atoms with Gasteiger partial charge in [0, 0.05) is 37.7 Å². The molecule has 0 aromatic carbocycles. The number of unbranched alkanes of at least 4 members (excludes halogenated alkanes) is 11. The number of hydrogen-bond acceptors (Lipinski definition) is 4. The second-order valence-electron chi connectivity index (χ2n) is 18.3. The molecule has 0 radical (unpaired) electrons. The van der Waals surface area contributed by atoms with Crippen molar-refractivity contribution in [2.75, 3.05) is 31.5 Å². The SMILES string of the molecule is CCCCCCCC/C=C\CCCCCCCC(=O)O[C@H]1CC[C@@]2(C)C(=CC[C@@H]3[C@@H]2CC[C@]2(C)C(C(C)CCCOC(=O)N(CCCl)CCCl)CC[C@@H]32)C1. The lowest BCUT2D eigenvalue weighted by molar-refractivity contribution is -0.151. The van der Waals surface area contributed by atoms with E-state index in [4.69, 9.17) is 32.7 Å². The van der Waals surface area contributed by atoms with Gasteiger partial charge in [0.2, 0.25) is 0 Å². The topological polar surface area (TPSA) is 55.8 Å². The first kappa shape index (κ1) is 45.5. The van der Waals surface area contributed by atoms with Crippen molar-refractivity contribution in [1.29, 1.82) is 0 Å². The maximum Gasteiger partial charge on any atom is 0.409 e. The summed E-state index contributed by atoms with van der Waals surface area (Å²) in [6.45, 7) is 11.3. The van der Waals surface area contributed by atoms with Crippen LogP contribution in [0.4, 0.5) is 4.79 Å². The number of amides is 1. The number of carbonyl (C=O) groups is 2.